The van der Waals surface area contributed by atoms with E-state index < -0.39 is 0 Å². The fourth-order valence-electron chi connectivity index (χ4n) is 3.44. The van der Waals surface area contributed by atoms with E-state index in [9.17, 15) is 9.59 Å². The highest BCUT2D eigenvalue weighted by molar-refractivity contribution is 5.98. The van der Waals surface area contributed by atoms with Crippen LogP contribution in [0.25, 0.3) is 10.9 Å². The molecule has 2 aliphatic heterocycles. The van der Waals surface area contributed by atoms with E-state index >= 15 is 0 Å². The minimum absolute atomic E-state index is 0.0777. The van der Waals surface area contributed by atoms with Crippen LogP contribution in [0.5, 0.6) is 0 Å². The summed E-state index contributed by atoms with van der Waals surface area (Å²) in [5.41, 5.74) is 2.19. The zero-order valence-electron chi connectivity index (χ0n) is 12.3. The Balaban J connectivity index is 1.66. The van der Waals surface area contributed by atoms with Crippen molar-refractivity contribution in [3.63, 3.8) is 0 Å². The van der Waals surface area contributed by atoms with E-state index in [2.05, 4.69) is 5.32 Å². The van der Waals surface area contributed by atoms with Crippen LogP contribution in [0.15, 0.2) is 29.1 Å². The zero-order chi connectivity index (χ0) is 15.1. The molecule has 1 N–H and O–H groups in total. The van der Waals surface area contributed by atoms with Crippen LogP contribution in [0.1, 0.15) is 28.8 Å². The fourth-order valence-corrected chi connectivity index (χ4v) is 3.44. The number of hydrogen-bond acceptors (Lipinski definition) is 3. The predicted molar refractivity (Wildman–Crippen MR) is 83.2 cm³/mol. The molecule has 1 atom stereocenters. The van der Waals surface area contributed by atoms with E-state index in [0.717, 1.165) is 36.8 Å². The first-order chi connectivity index (χ1) is 10.7. The second kappa shape index (κ2) is 5.25. The van der Waals surface area contributed by atoms with Crippen molar-refractivity contribution >= 4 is 16.8 Å². The largest absolute Gasteiger partial charge is 0.376 e. The van der Waals surface area contributed by atoms with E-state index in [1.807, 2.05) is 18.2 Å². The Kier molecular flexibility index (Phi) is 3.22. The highest BCUT2D eigenvalue weighted by atomic mass is 16.5. The molecule has 0 saturated carbocycles. The van der Waals surface area contributed by atoms with Crippen LogP contribution in [0.3, 0.4) is 0 Å². The lowest BCUT2D eigenvalue weighted by Gasteiger charge is -2.12. The van der Waals surface area contributed by atoms with Gasteiger partial charge >= 0.3 is 0 Å². The number of carbonyl (C=O) groups is 1. The molecular formula is C17H18N2O3. The number of benzene rings is 1. The Morgan fingerprint density at radius 3 is 3.14 bits per heavy atom. The SMILES string of the molecule is O=C(NC[C@H]1CCCO1)c1cc2cccc3c2n(c1=O)CC3. The third-order valence-electron chi connectivity index (χ3n) is 4.56. The van der Waals surface area contributed by atoms with Crippen molar-refractivity contribution in [3.05, 3.63) is 45.7 Å². The molecule has 0 radical (unpaired) electrons. The number of rotatable bonds is 3. The maximum Gasteiger partial charge on any atom is 0.263 e. The number of carbonyl (C=O) groups excluding carboxylic acids is 1. The Labute approximate surface area is 127 Å². The van der Waals surface area contributed by atoms with Crippen LogP contribution in [0.4, 0.5) is 0 Å². The van der Waals surface area contributed by atoms with Crippen LogP contribution >= 0.6 is 0 Å². The van der Waals surface area contributed by atoms with E-state index in [4.69, 9.17) is 4.74 Å². The van der Waals surface area contributed by atoms with Crippen LogP contribution < -0.4 is 10.9 Å². The van der Waals surface area contributed by atoms with Gasteiger partial charge in [0.2, 0.25) is 0 Å². The number of nitrogens with one attached hydrogen (secondary N) is 1. The number of hydrogen-bond donors (Lipinski definition) is 1. The molecular weight excluding hydrogens is 280 g/mol. The van der Waals surface area contributed by atoms with Crippen LogP contribution in [-0.4, -0.2) is 29.7 Å². The maximum atomic E-state index is 12.6. The molecule has 1 aromatic heterocycles. The fraction of sp³-hybridized carbons (Fsp3) is 0.412. The van der Waals surface area contributed by atoms with Crippen molar-refractivity contribution in [2.24, 2.45) is 0 Å². The number of amides is 1. The summed E-state index contributed by atoms with van der Waals surface area (Å²) < 4.78 is 7.22. The summed E-state index contributed by atoms with van der Waals surface area (Å²) in [7, 11) is 0. The Morgan fingerprint density at radius 2 is 2.32 bits per heavy atom. The summed E-state index contributed by atoms with van der Waals surface area (Å²) in [5, 5.41) is 3.79. The Bertz CT molecular complexity index is 803. The normalized spacial score (nSPS) is 19.7. The van der Waals surface area contributed by atoms with Gasteiger partial charge in [0.1, 0.15) is 5.56 Å². The van der Waals surface area contributed by atoms with Crippen molar-refractivity contribution < 1.29 is 9.53 Å². The molecule has 2 aromatic rings. The number of pyridine rings is 1. The van der Waals surface area contributed by atoms with E-state index in [1.165, 1.54) is 5.56 Å². The molecule has 5 heteroatoms. The summed E-state index contributed by atoms with van der Waals surface area (Å²) in [6, 6.07) is 7.69. The van der Waals surface area contributed by atoms with E-state index in [1.54, 1.807) is 10.6 Å². The standard InChI is InChI=1S/C17H18N2O3/c20-16(18-10-13-5-2-8-22-13)14-9-12-4-1-3-11-6-7-19(15(11)12)17(14)21/h1,3-4,9,13H,2,5-8,10H2,(H,18,20)/t13-/m1/s1. The van der Waals surface area contributed by atoms with Gasteiger partial charge < -0.3 is 14.6 Å². The molecule has 1 fully saturated rings. The highest BCUT2D eigenvalue weighted by Crippen LogP contribution is 2.24. The molecule has 2 aliphatic rings. The molecule has 1 saturated heterocycles. The average Bonchev–Trinajstić information content (AvgIpc) is 3.18. The van der Waals surface area contributed by atoms with Gasteiger partial charge in [-0.2, -0.15) is 0 Å². The molecule has 3 heterocycles. The van der Waals surface area contributed by atoms with Gasteiger partial charge in [-0.1, -0.05) is 18.2 Å². The summed E-state index contributed by atoms with van der Waals surface area (Å²) in [4.78, 5) is 24.9. The van der Waals surface area contributed by atoms with Crippen molar-refractivity contribution in [1.29, 1.82) is 0 Å². The van der Waals surface area contributed by atoms with Crippen molar-refractivity contribution in [3.8, 4) is 0 Å². The molecule has 4 rings (SSSR count). The number of aromatic nitrogens is 1. The quantitative estimate of drug-likeness (QED) is 0.933. The maximum absolute atomic E-state index is 12.6. The highest BCUT2D eigenvalue weighted by Gasteiger charge is 2.22. The van der Waals surface area contributed by atoms with E-state index in [0.29, 0.717) is 13.1 Å². The number of para-hydroxylation sites is 1. The minimum atomic E-state index is -0.302. The molecule has 1 aromatic carbocycles. The van der Waals surface area contributed by atoms with Gasteiger partial charge in [-0.3, -0.25) is 9.59 Å². The summed E-state index contributed by atoms with van der Waals surface area (Å²) in [5.74, 6) is -0.302. The lowest BCUT2D eigenvalue weighted by atomic mass is 10.1. The first kappa shape index (κ1) is 13.5. The van der Waals surface area contributed by atoms with Gasteiger partial charge in [-0.05, 0) is 36.3 Å². The molecule has 1 amide bonds. The molecule has 5 nitrogen and oxygen atoms in total. The van der Waals surface area contributed by atoms with Crippen molar-refractivity contribution in [2.75, 3.05) is 13.2 Å². The Morgan fingerprint density at radius 1 is 1.41 bits per heavy atom. The molecule has 0 unspecified atom stereocenters. The minimum Gasteiger partial charge on any atom is -0.376 e. The first-order valence-corrected chi connectivity index (χ1v) is 7.79. The summed E-state index contributed by atoms with van der Waals surface area (Å²) in [6.07, 6.45) is 2.93. The second-order valence-corrected chi connectivity index (χ2v) is 5.96. The number of aryl methyl sites for hydroxylation is 2. The van der Waals surface area contributed by atoms with Gasteiger partial charge in [0.25, 0.3) is 11.5 Å². The van der Waals surface area contributed by atoms with E-state index in [-0.39, 0.29) is 23.1 Å². The molecule has 0 aliphatic carbocycles. The Hall–Kier alpha value is -2.14. The second-order valence-electron chi connectivity index (χ2n) is 5.96. The van der Waals surface area contributed by atoms with Gasteiger partial charge in [-0.15, -0.1) is 0 Å². The average molecular weight is 298 g/mol. The zero-order valence-corrected chi connectivity index (χ0v) is 12.3. The lowest BCUT2D eigenvalue weighted by Crippen LogP contribution is -2.36. The van der Waals surface area contributed by atoms with Crippen LogP contribution in [0.2, 0.25) is 0 Å². The number of nitrogens with zero attached hydrogens (tertiary/aromatic N) is 1. The van der Waals surface area contributed by atoms with Crippen LogP contribution in [-0.2, 0) is 17.7 Å². The monoisotopic (exact) mass is 298 g/mol. The predicted octanol–water partition coefficient (Wildman–Crippen LogP) is 1.47. The van der Waals surface area contributed by atoms with Gasteiger partial charge in [-0.25, -0.2) is 0 Å². The van der Waals surface area contributed by atoms with Crippen molar-refractivity contribution in [1.82, 2.24) is 9.88 Å². The first-order valence-electron chi connectivity index (χ1n) is 7.79. The van der Waals surface area contributed by atoms with Crippen molar-refractivity contribution in [2.45, 2.75) is 31.9 Å². The van der Waals surface area contributed by atoms with Crippen LogP contribution in [0, 0.1) is 0 Å². The molecule has 0 spiro atoms. The molecule has 0 bridgehead atoms. The third-order valence-corrected chi connectivity index (χ3v) is 4.56. The summed E-state index contributed by atoms with van der Waals surface area (Å²) >= 11 is 0. The topological polar surface area (TPSA) is 60.3 Å². The third kappa shape index (κ3) is 2.13. The smallest absolute Gasteiger partial charge is 0.263 e. The lowest BCUT2D eigenvalue weighted by molar-refractivity contribution is 0.0856. The molecule has 114 valence electrons. The van der Waals surface area contributed by atoms with Gasteiger partial charge in [0, 0.05) is 19.7 Å². The number of ether oxygens (including phenoxy) is 1. The molecule has 22 heavy (non-hydrogen) atoms. The van der Waals surface area contributed by atoms with Gasteiger partial charge in [0.15, 0.2) is 0 Å². The van der Waals surface area contributed by atoms with Gasteiger partial charge in [0.05, 0.1) is 11.6 Å². The summed E-state index contributed by atoms with van der Waals surface area (Å²) in [6.45, 7) is 1.88.